The second kappa shape index (κ2) is 10.9. The Labute approximate surface area is 227 Å². The predicted molar refractivity (Wildman–Crippen MR) is 145 cm³/mol. The van der Waals surface area contributed by atoms with Gasteiger partial charge in [-0.15, -0.1) is 11.3 Å². The van der Waals surface area contributed by atoms with Gasteiger partial charge in [0.1, 0.15) is 0 Å². The highest BCUT2D eigenvalue weighted by Crippen LogP contribution is 2.42. The lowest BCUT2D eigenvalue weighted by atomic mass is 9.98. The molecule has 0 amide bonds. The third kappa shape index (κ3) is 7.30. The minimum atomic E-state index is -4.67. The fourth-order valence-electron chi connectivity index (χ4n) is 3.46. The number of hydrogen-bond donors (Lipinski definition) is 2. The molecule has 2 heterocycles. The van der Waals surface area contributed by atoms with Gasteiger partial charge in [-0.3, -0.25) is 4.72 Å². The number of hydrogen-bond acceptors (Lipinski definition) is 7. The molecular weight excluding hydrogens is 554 g/mol. The van der Waals surface area contributed by atoms with Gasteiger partial charge in [-0.2, -0.15) is 13.2 Å². The molecule has 0 atom stereocenters. The number of halogens is 4. The summed E-state index contributed by atoms with van der Waals surface area (Å²) in [6, 6.07) is 14.9. The minimum Gasteiger partial charge on any atom is -0.324 e. The Morgan fingerprint density at radius 3 is 2.33 bits per heavy atom. The van der Waals surface area contributed by atoms with Gasteiger partial charge in [0.2, 0.25) is 16.0 Å². The Morgan fingerprint density at radius 2 is 1.67 bits per heavy atom. The Balaban J connectivity index is 1.75. The van der Waals surface area contributed by atoms with Crippen molar-refractivity contribution >= 4 is 38.7 Å². The van der Waals surface area contributed by atoms with Crippen molar-refractivity contribution in [2.75, 3.05) is 15.8 Å². The monoisotopic (exact) mass is 579 g/mol. The van der Waals surface area contributed by atoms with Crippen LogP contribution in [0, 0.1) is 5.82 Å². The molecule has 0 radical (unpaired) electrons. The summed E-state index contributed by atoms with van der Waals surface area (Å²) in [5.41, 5.74) is 0.559. The predicted octanol–water partition coefficient (Wildman–Crippen LogP) is 7.14. The molecule has 0 spiro atoms. The van der Waals surface area contributed by atoms with Crippen molar-refractivity contribution in [3.63, 3.8) is 0 Å². The average Bonchev–Trinajstić information content (AvgIpc) is 3.31. The molecule has 0 saturated heterocycles. The third-order valence-corrected chi connectivity index (χ3v) is 8.14. The van der Waals surface area contributed by atoms with Crippen LogP contribution >= 0.6 is 11.3 Å². The lowest BCUT2D eigenvalue weighted by Gasteiger charge is -2.14. The first-order valence-corrected chi connectivity index (χ1v) is 14.2. The number of anilines is 3. The van der Waals surface area contributed by atoms with Crippen molar-refractivity contribution in [2.45, 2.75) is 38.8 Å². The lowest BCUT2D eigenvalue weighted by molar-refractivity contribution is -0.129. The molecule has 13 heteroatoms. The Hall–Kier alpha value is -3.58. The highest BCUT2D eigenvalue weighted by atomic mass is 32.2. The standard InChI is InChI=1S/C26H25F4N5O2S2/c1-25(2,3)23-34-21(17-10-7-11-18(20(17)27)35-39(36,37)15-13-26(28,29)30)22(38-23)19-12-14-31-24(33-19)32-16-8-5-4-6-9-16/h4-12,14,35H,13,15H2,1-3H3,(H,31,32,33). The summed E-state index contributed by atoms with van der Waals surface area (Å²) in [7, 11) is -4.46. The molecule has 4 aromatic rings. The van der Waals surface area contributed by atoms with Gasteiger partial charge in [0.15, 0.2) is 5.82 Å². The van der Waals surface area contributed by atoms with E-state index in [-0.39, 0.29) is 11.3 Å². The van der Waals surface area contributed by atoms with Crippen LogP contribution in [0.15, 0.2) is 60.8 Å². The van der Waals surface area contributed by atoms with Crippen LogP contribution in [0.1, 0.15) is 32.2 Å². The molecule has 0 aliphatic rings. The van der Waals surface area contributed by atoms with E-state index in [2.05, 4.69) is 20.3 Å². The number of aromatic nitrogens is 3. The maximum absolute atomic E-state index is 15.7. The summed E-state index contributed by atoms with van der Waals surface area (Å²) in [6.45, 7) is 5.84. The van der Waals surface area contributed by atoms with Gasteiger partial charge in [-0.25, -0.2) is 27.8 Å². The molecule has 0 aliphatic heterocycles. The highest BCUT2D eigenvalue weighted by Gasteiger charge is 2.31. The van der Waals surface area contributed by atoms with Crippen molar-refractivity contribution in [1.82, 2.24) is 15.0 Å². The number of nitrogens with one attached hydrogen (secondary N) is 2. The summed E-state index contributed by atoms with van der Waals surface area (Å²) in [4.78, 5) is 14.0. The molecule has 39 heavy (non-hydrogen) atoms. The normalized spacial score (nSPS) is 12.4. The summed E-state index contributed by atoms with van der Waals surface area (Å²) >= 11 is 1.31. The fourth-order valence-corrected chi connectivity index (χ4v) is 5.66. The topological polar surface area (TPSA) is 96.9 Å². The van der Waals surface area contributed by atoms with E-state index in [0.29, 0.717) is 21.5 Å². The van der Waals surface area contributed by atoms with Crippen molar-refractivity contribution in [3.05, 3.63) is 71.6 Å². The van der Waals surface area contributed by atoms with Gasteiger partial charge in [0, 0.05) is 22.9 Å². The van der Waals surface area contributed by atoms with E-state index < -0.39 is 45.3 Å². The fraction of sp³-hybridized carbons (Fsp3) is 0.269. The summed E-state index contributed by atoms with van der Waals surface area (Å²) in [5, 5.41) is 3.79. The van der Waals surface area contributed by atoms with Crippen LogP contribution in [0.25, 0.3) is 21.8 Å². The van der Waals surface area contributed by atoms with Gasteiger partial charge in [-0.1, -0.05) is 45.0 Å². The first-order chi connectivity index (χ1) is 18.2. The Morgan fingerprint density at radius 1 is 0.949 bits per heavy atom. The van der Waals surface area contributed by atoms with Crippen LogP contribution < -0.4 is 10.0 Å². The molecule has 2 aromatic carbocycles. The zero-order valence-corrected chi connectivity index (χ0v) is 22.8. The van der Waals surface area contributed by atoms with Gasteiger partial charge >= 0.3 is 6.18 Å². The maximum Gasteiger partial charge on any atom is 0.390 e. The van der Waals surface area contributed by atoms with Crippen LogP contribution in [0.5, 0.6) is 0 Å². The number of alkyl halides is 3. The van der Waals surface area contributed by atoms with Crippen LogP contribution in [0.4, 0.5) is 34.9 Å². The molecule has 0 unspecified atom stereocenters. The van der Waals surface area contributed by atoms with E-state index in [1.165, 1.54) is 23.5 Å². The number of nitrogens with zero attached hydrogens (tertiary/aromatic N) is 3. The lowest BCUT2D eigenvalue weighted by Crippen LogP contribution is -2.22. The van der Waals surface area contributed by atoms with E-state index in [1.54, 1.807) is 12.3 Å². The summed E-state index contributed by atoms with van der Waals surface area (Å²) in [5.74, 6) is -1.88. The zero-order chi connectivity index (χ0) is 28.4. The molecule has 2 aromatic heterocycles. The molecular formula is C26H25F4N5O2S2. The van der Waals surface area contributed by atoms with Crippen molar-refractivity contribution in [3.8, 4) is 21.8 Å². The summed E-state index contributed by atoms with van der Waals surface area (Å²) in [6.07, 6.45) is -4.67. The second-order valence-corrected chi connectivity index (χ2v) is 12.5. The highest BCUT2D eigenvalue weighted by molar-refractivity contribution is 7.92. The SMILES string of the molecule is CC(C)(C)c1nc(-c2cccc(NS(=O)(=O)CCC(F)(F)F)c2F)c(-c2ccnc(Nc3ccccc3)n2)s1. The van der Waals surface area contributed by atoms with E-state index in [0.717, 1.165) is 11.8 Å². The first-order valence-electron chi connectivity index (χ1n) is 11.7. The second-order valence-electron chi connectivity index (χ2n) is 9.66. The van der Waals surface area contributed by atoms with Gasteiger partial charge in [0.25, 0.3) is 0 Å². The van der Waals surface area contributed by atoms with E-state index in [4.69, 9.17) is 0 Å². The van der Waals surface area contributed by atoms with Crippen molar-refractivity contribution < 1.29 is 26.0 Å². The van der Waals surface area contributed by atoms with Crippen molar-refractivity contribution in [2.24, 2.45) is 0 Å². The summed E-state index contributed by atoms with van der Waals surface area (Å²) < 4.78 is 79.8. The zero-order valence-electron chi connectivity index (χ0n) is 21.2. The molecule has 7 nitrogen and oxygen atoms in total. The molecule has 0 saturated carbocycles. The molecule has 4 rings (SSSR count). The average molecular weight is 580 g/mol. The number of sulfonamides is 1. The number of thiazole rings is 1. The first kappa shape index (κ1) is 28.4. The van der Waals surface area contributed by atoms with Crippen LogP contribution in [0.3, 0.4) is 0 Å². The number of benzene rings is 2. The van der Waals surface area contributed by atoms with Crippen LogP contribution in [-0.2, 0) is 15.4 Å². The van der Waals surface area contributed by atoms with Gasteiger partial charge in [-0.05, 0) is 30.3 Å². The van der Waals surface area contributed by atoms with Gasteiger partial charge < -0.3 is 5.32 Å². The smallest absolute Gasteiger partial charge is 0.324 e. The molecule has 0 aliphatic carbocycles. The molecule has 0 bridgehead atoms. The molecule has 0 fully saturated rings. The molecule has 206 valence electrons. The number of para-hydroxylation sites is 1. The quantitative estimate of drug-likeness (QED) is 0.215. The minimum absolute atomic E-state index is 0.0241. The van der Waals surface area contributed by atoms with Crippen LogP contribution in [-0.4, -0.2) is 35.3 Å². The Bertz CT molecular complexity index is 1570. The Kier molecular flexibility index (Phi) is 7.94. The van der Waals surface area contributed by atoms with Gasteiger partial charge in [0.05, 0.1) is 39.1 Å². The van der Waals surface area contributed by atoms with E-state index in [9.17, 15) is 21.6 Å². The van der Waals surface area contributed by atoms with E-state index in [1.807, 2.05) is 55.8 Å². The molecule has 2 N–H and O–H groups in total. The van der Waals surface area contributed by atoms with Crippen molar-refractivity contribution in [1.29, 1.82) is 0 Å². The van der Waals surface area contributed by atoms with Crippen LogP contribution in [0.2, 0.25) is 0 Å². The van der Waals surface area contributed by atoms with E-state index >= 15 is 4.39 Å². The maximum atomic E-state index is 15.7. The largest absolute Gasteiger partial charge is 0.390 e. The number of rotatable bonds is 8. The third-order valence-electron chi connectivity index (χ3n) is 5.36.